The van der Waals surface area contributed by atoms with E-state index in [0.29, 0.717) is 6.42 Å². The molecule has 4 heteroatoms. The van der Waals surface area contributed by atoms with E-state index in [0.717, 1.165) is 13.0 Å². The van der Waals surface area contributed by atoms with Crippen molar-refractivity contribution in [1.82, 2.24) is 4.90 Å². The minimum absolute atomic E-state index is 0.125. The summed E-state index contributed by atoms with van der Waals surface area (Å²) in [4.78, 5) is 12.3. The highest BCUT2D eigenvalue weighted by Crippen LogP contribution is 2.08. The molecule has 0 atom stereocenters. The molecule has 0 bridgehead atoms. The number of rotatable bonds is 2. The molecule has 0 saturated carbocycles. The highest BCUT2D eigenvalue weighted by atomic mass is 16.3. The van der Waals surface area contributed by atoms with Crippen molar-refractivity contribution < 1.29 is 15.0 Å². The number of amides is 1. The molecule has 1 saturated heterocycles. The van der Waals surface area contributed by atoms with Crippen molar-refractivity contribution in [2.24, 2.45) is 0 Å². The van der Waals surface area contributed by atoms with E-state index < -0.39 is 0 Å². The van der Waals surface area contributed by atoms with Crippen LogP contribution in [0.2, 0.25) is 0 Å². The lowest BCUT2D eigenvalue weighted by Gasteiger charge is -2.05. The molecule has 1 aliphatic heterocycles. The molecule has 1 aliphatic rings. The summed E-state index contributed by atoms with van der Waals surface area (Å²) in [5, 5.41) is 15.2. The van der Waals surface area contributed by atoms with Crippen LogP contribution in [0.5, 0.6) is 0 Å². The van der Waals surface area contributed by atoms with Gasteiger partial charge in [-0.1, -0.05) is 6.58 Å². The van der Waals surface area contributed by atoms with Gasteiger partial charge >= 0.3 is 0 Å². The van der Waals surface area contributed by atoms with Gasteiger partial charge < -0.3 is 15.1 Å². The van der Waals surface area contributed by atoms with Gasteiger partial charge in [0, 0.05) is 13.0 Å². The van der Waals surface area contributed by atoms with Crippen LogP contribution >= 0.6 is 0 Å². The van der Waals surface area contributed by atoms with Gasteiger partial charge in [0.25, 0.3) is 0 Å². The molecule has 12 heavy (non-hydrogen) atoms. The molecule has 0 spiro atoms. The van der Waals surface area contributed by atoms with Crippen LogP contribution in [0.3, 0.4) is 0 Å². The van der Waals surface area contributed by atoms with Gasteiger partial charge in [-0.25, -0.2) is 0 Å². The van der Waals surface area contributed by atoms with E-state index in [1.54, 1.807) is 11.1 Å². The predicted molar refractivity (Wildman–Crippen MR) is 45.3 cm³/mol. The Hall–Kier alpha value is -0.870. The van der Waals surface area contributed by atoms with Gasteiger partial charge in [-0.15, -0.1) is 0 Å². The molecule has 1 amide bonds. The smallest absolute Gasteiger partial charge is 0.226 e. The zero-order chi connectivity index (χ0) is 9.40. The first-order valence-corrected chi connectivity index (χ1v) is 3.90. The number of carbonyl (C=O) groups excluding carboxylic acids is 1. The highest BCUT2D eigenvalue weighted by Gasteiger charge is 2.15. The fourth-order valence-corrected chi connectivity index (χ4v) is 0.862. The lowest BCUT2D eigenvalue weighted by molar-refractivity contribution is -0.125. The van der Waals surface area contributed by atoms with E-state index in [2.05, 4.69) is 6.58 Å². The van der Waals surface area contributed by atoms with Gasteiger partial charge in [0.2, 0.25) is 5.91 Å². The Bertz CT molecular complexity index is 145. The van der Waals surface area contributed by atoms with Crippen molar-refractivity contribution in [3.8, 4) is 0 Å². The first-order valence-electron chi connectivity index (χ1n) is 3.90. The third kappa shape index (κ3) is 4.10. The van der Waals surface area contributed by atoms with Crippen LogP contribution in [-0.2, 0) is 4.79 Å². The van der Waals surface area contributed by atoms with Gasteiger partial charge in [0.1, 0.15) is 0 Å². The van der Waals surface area contributed by atoms with E-state index in [9.17, 15) is 4.79 Å². The molecular formula is C8H15NO3. The van der Waals surface area contributed by atoms with Crippen molar-refractivity contribution in [2.45, 2.75) is 12.8 Å². The van der Waals surface area contributed by atoms with Crippen LogP contribution in [-0.4, -0.2) is 40.8 Å². The quantitative estimate of drug-likeness (QED) is 0.604. The second-order valence-electron chi connectivity index (χ2n) is 2.32. The summed E-state index contributed by atoms with van der Waals surface area (Å²) in [5.74, 6) is 0.208. The first-order chi connectivity index (χ1) is 5.76. The Kier molecular flexibility index (Phi) is 6.32. The minimum atomic E-state index is -0.125. The van der Waals surface area contributed by atoms with Crippen LogP contribution in [0.25, 0.3) is 0 Å². The lowest BCUT2D eigenvalue weighted by atomic mass is 10.4. The molecule has 0 aromatic carbocycles. The molecule has 0 aromatic rings. The van der Waals surface area contributed by atoms with Gasteiger partial charge in [0.05, 0.1) is 13.2 Å². The molecule has 1 heterocycles. The average Bonchev–Trinajstić information content (AvgIpc) is 2.51. The van der Waals surface area contributed by atoms with E-state index >= 15 is 0 Å². The van der Waals surface area contributed by atoms with Crippen molar-refractivity contribution in [3.05, 3.63) is 12.8 Å². The fraction of sp³-hybridized carbons (Fsp3) is 0.625. The second kappa shape index (κ2) is 6.82. The molecule has 0 unspecified atom stereocenters. The van der Waals surface area contributed by atoms with Crippen molar-refractivity contribution in [2.75, 3.05) is 19.8 Å². The third-order valence-electron chi connectivity index (χ3n) is 1.43. The topological polar surface area (TPSA) is 60.8 Å². The summed E-state index contributed by atoms with van der Waals surface area (Å²) >= 11 is 0. The summed E-state index contributed by atoms with van der Waals surface area (Å²) in [7, 11) is 0. The van der Waals surface area contributed by atoms with E-state index in [1.807, 2.05) is 0 Å². The Morgan fingerprint density at radius 1 is 1.50 bits per heavy atom. The summed E-state index contributed by atoms with van der Waals surface area (Å²) < 4.78 is 0. The molecule has 1 rings (SSSR count). The standard InChI is InChI=1S/C6H9NO.C2H6O2/c1-2-7-5-3-4-6(7)8;3-1-2-4/h2H,1,3-5H2;3-4H,1-2H2. The summed E-state index contributed by atoms with van der Waals surface area (Å²) in [6.45, 7) is 4.11. The Morgan fingerprint density at radius 2 is 2.08 bits per heavy atom. The Morgan fingerprint density at radius 3 is 2.25 bits per heavy atom. The van der Waals surface area contributed by atoms with E-state index in [4.69, 9.17) is 10.2 Å². The van der Waals surface area contributed by atoms with Crippen LogP contribution in [0.15, 0.2) is 12.8 Å². The number of carbonyl (C=O) groups is 1. The second-order valence-corrected chi connectivity index (χ2v) is 2.32. The van der Waals surface area contributed by atoms with E-state index in [-0.39, 0.29) is 19.1 Å². The maximum absolute atomic E-state index is 10.7. The molecule has 0 aliphatic carbocycles. The Balaban J connectivity index is 0.000000261. The number of hydrogen-bond acceptors (Lipinski definition) is 3. The molecule has 70 valence electrons. The van der Waals surface area contributed by atoms with Crippen molar-refractivity contribution in [3.63, 3.8) is 0 Å². The molecule has 4 nitrogen and oxygen atoms in total. The zero-order valence-electron chi connectivity index (χ0n) is 7.07. The third-order valence-corrected chi connectivity index (χ3v) is 1.43. The summed E-state index contributed by atoms with van der Waals surface area (Å²) in [6.07, 6.45) is 3.28. The Labute approximate surface area is 72.1 Å². The molecule has 1 fully saturated rings. The highest BCUT2D eigenvalue weighted by molar-refractivity contribution is 5.78. The lowest BCUT2D eigenvalue weighted by Crippen LogP contribution is -2.16. The number of aliphatic hydroxyl groups is 2. The first kappa shape index (κ1) is 11.1. The van der Waals surface area contributed by atoms with Crippen molar-refractivity contribution in [1.29, 1.82) is 0 Å². The van der Waals surface area contributed by atoms with Crippen LogP contribution < -0.4 is 0 Å². The van der Waals surface area contributed by atoms with Crippen LogP contribution in [0.1, 0.15) is 12.8 Å². The number of likely N-dealkylation sites (tertiary alicyclic amines) is 1. The maximum atomic E-state index is 10.7. The average molecular weight is 173 g/mol. The van der Waals surface area contributed by atoms with Gasteiger partial charge in [0.15, 0.2) is 0 Å². The fourth-order valence-electron chi connectivity index (χ4n) is 0.862. The zero-order valence-corrected chi connectivity index (χ0v) is 7.07. The van der Waals surface area contributed by atoms with Crippen molar-refractivity contribution >= 4 is 5.91 Å². The summed E-state index contributed by atoms with van der Waals surface area (Å²) in [5.41, 5.74) is 0. The molecule has 0 aromatic heterocycles. The minimum Gasteiger partial charge on any atom is -0.394 e. The van der Waals surface area contributed by atoms with Crippen LogP contribution in [0, 0.1) is 0 Å². The molecular weight excluding hydrogens is 158 g/mol. The molecule has 0 radical (unpaired) electrons. The van der Waals surface area contributed by atoms with E-state index in [1.165, 1.54) is 0 Å². The normalized spacial score (nSPS) is 15.5. The molecule has 2 N–H and O–H groups in total. The van der Waals surface area contributed by atoms with Gasteiger partial charge in [-0.3, -0.25) is 4.79 Å². The SMILES string of the molecule is C=CN1CCCC1=O.OCCO. The number of nitrogens with zero attached hydrogens (tertiary/aromatic N) is 1. The number of aliphatic hydroxyl groups excluding tert-OH is 2. The largest absolute Gasteiger partial charge is 0.394 e. The van der Waals surface area contributed by atoms with Crippen LogP contribution in [0.4, 0.5) is 0 Å². The van der Waals surface area contributed by atoms with Gasteiger partial charge in [-0.2, -0.15) is 0 Å². The monoisotopic (exact) mass is 173 g/mol. The summed E-state index contributed by atoms with van der Waals surface area (Å²) in [6, 6.07) is 0. The van der Waals surface area contributed by atoms with Gasteiger partial charge in [-0.05, 0) is 12.6 Å². The number of hydrogen-bond donors (Lipinski definition) is 2. The predicted octanol–water partition coefficient (Wildman–Crippen LogP) is -0.277. The maximum Gasteiger partial charge on any atom is 0.226 e.